The van der Waals surface area contributed by atoms with E-state index in [-0.39, 0.29) is 30.4 Å². The van der Waals surface area contributed by atoms with Gasteiger partial charge in [-0.25, -0.2) is 4.79 Å². The molecule has 4 rings (SSSR count). The van der Waals surface area contributed by atoms with Crippen molar-refractivity contribution in [2.24, 2.45) is 5.92 Å². The maximum Gasteiger partial charge on any atom is 0.327 e. The van der Waals surface area contributed by atoms with Crippen LogP contribution in [0.3, 0.4) is 0 Å². The average Bonchev–Trinajstić information content (AvgIpc) is 3.58. The van der Waals surface area contributed by atoms with Gasteiger partial charge in [-0.15, -0.1) is 0 Å². The van der Waals surface area contributed by atoms with Crippen LogP contribution in [0.25, 0.3) is 0 Å². The highest BCUT2D eigenvalue weighted by Gasteiger charge is 2.55. The third-order valence-electron chi connectivity index (χ3n) is 6.67. The van der Waals surface area contributed by atoms with Crippen molar-refractivity contribution < 1.29 is 19.1 Å². The van der Waals surface area contributed by atoms with Crippen molar-refractivity contribution in [2.75, 3.05) is 20.7 Å². The highest BCUT2D eigenvalue weighted by Crippen LogP contribution is 2.42. The number of nitrogens with one attached hydrogen (secondary N) is 1. The van der Waals surface area contributed by atoms with E-state index in [2.05, 4.69) is 5.32 Å². The molecule has 1 atom stereocenters. The fourth-order valence-corrected chi connectivity index (χ4v) is 4.75. The Labute approximate surface area is 171 Å². The topological polar surface area (TPSA) is 79.0 Å². The maximum atomic E-state index is 13.1. The van der Waals surface area contributed by atoms with E-state index in [1.807, 2.05) is 24.3 Å². The van der Waals surface area contributed by atoms with Crippen LogP contribution >= 0.6 is 0 Å². The summed E-state index contributed by atoms with van der Waals surface area (Å²) in [6.45, 7) is -0.219. The molecule has 1 aromatic carbocycles. The average molecular weight is 399 g/mol. The maximum absolute atomic E-state index is 13.1. The zero-order valence-electron chi connectivity index (χ0n) is 17.1. The monoisotopic (exact) mass is 399 g/mol. The van der Waals surface area contributed by atoms with Gasteiger partial charge in [0.25, 0.3) is 5.91 Å². The van der Waals surface area contributed by atoms with Gasteiger partial charge in [-0.1, -0.05) is 31.4 Å². The van der Waals surface area contributed by atoms with Crippen LogP contribution in [-0.2, 0) is 9.59 Å². The van der Waals surface area contributed by atoms with E-state index >= 15 is 0 Å². The summed E-state index contributed by atoms with van der Waals surface area (Å²) in [6, 6.07) is 7.21. The lowest BCUT2D eigenvalue weighted by Crippen LogP contribution is -2.49. The van der Waals surface area contributed by atoms with Gasteiger partial charge in [0.2, 0.25) is 5.91 Å². The Morgan fingerprint density at radius 3 is 2.41 bits per heavy atom. The lowest BCUT2D eigenvalue weighted by Gasteiger charge is -2.35. The molecular weight excluding hydrogens is 370 g/mol. The first-order valence-electron chi connectivity index (χ1n) is 10.5. The number of nitrogens with zero attached hydrogens (tertiary/aromatic N) is 2. The minimum atomic E-state index is -0.749. The number of ether oxygens (including phenoxy) is 1. The van der Waals surface area contributed by atoms with Gasteiger partial charge < -0.3 is 15.0 Å². The normalized spacial score (nSPS) is 22.1. The second-order valence-electron chi connectivity index (χ2n) is 8.48. The van der Waals surface area contributed by atoms with Crippen LogP contribution in [0.4, 0.5) is 4.79 Å². The highest BCUT2D eigenvalue weighted by molar-refractivity contribution is 6.09. The van der Waals surface area contributed by atoms with E-state index in [9.17, 15) is 14.4 Å². The molecule has 7 nitrogen and oxygen atoms in total. The SMILES string of the molecule is COc1ccc([C@@H](NC(=O)CN2C(=O)N(C)C3(CCCCC3)C2=O)C2CC2)cc1. The van der Waals surface area contributed by atoms with Crippen LogP contribution in [0.1, 0.15) is 56.6 Å². The number of imide groups is 1. The molecule has 3 fully saturated rings. The van der Waals surface area contributed by atoms with Gasteiger partial charge in [0, 0.05) is 7.05 Å². The third kappa shape index (κ3) is 3.58. The molecule has 0 bridgehead atoms. The zero-order valence-corrected chi connectivity index (χ0v) is 17.1. The predicted molar refractivity (Wildman–Crippen MR) is 107 cm³/mol. The molecule has 0 radical (unpaired) electrons. The van der Waals surface area contributed by atoms with E-state index in [0.29, 0.717) is 18.8 Å². The van der Waals surface area contributed by atoms with E-state index in [1.165, 1.54) is 0 Å². The first-order valence-corrected chi connectivity index (χ1v) is 10.5. The number of hydrogen-bond acceptors (Lipinski definition) is 4. The molecule has 0 aromatic heterocycles. The quantitative estimate of drug-likeness (QED) is 0.746. The minimum Gasteiger partial charge on any atom is -0.497 e. The van der Waals surface area contributed by atoms with Crippen LogP contribution in [0.2, 0.25) is 0 Å². The van der Waals surface area contributed by atoms with E-state index in [1.54, 1.807) is 19.1 Å². The largest absolute Gasteiger partial charge is 0.497 e. The number of carbonyl (C=O) groups is 3. The van der Waals surface area contributed by atoms with Gasteiger partial charge in [-0.2, -0.15) is 0 Å². The van der Waals surface area contributed by atoms with E-state index < -0.39 is 5.54 Å². The molecule has 2 saturated carbocycles. The van der Waals surface area contributed by atoms with E-state index in [4.69, 9.17) is 4.74 Å². The first kappa shape index (κ1) is 19.7. The van der Waals surface area contributed by atoms with Gasteiger partial charge >= 0.3 is 6.03 Å². The summed E-state index contributed by atoms with van der Waals surface area (Å²) in [6.07, 6.45) is 6.44. The fraction of sp³-hybridized carbons (Fsp3) is 0.591. The minimum absolute atomic E-state index is 0.109. The summed E-state index contributed by atoms with van der Waals surface area (Å²) in [5.74, 6) is 0.654. The summed E-state index contributed by atoms with van der Waals surface area (Å²) in [7, 11) is 3.31. The van der Waals surface area contributed by atoms with Crippen molar-refractivity contribution in [3.63, 3.8) is 0 Å². The van der Waals surface area contributed by atoms with Crippen molar-refractivity contribution in [1.82, 2.24) is 15.1 Å². The van der Waals surface area contributed by atoms with E-state index in [0.717, 1.165) is 48.3 Å². The number of methoxy groups -OCH3 is 1. The number of benzene rings is 1. The molecule has 156 valence electrons. The second-order valence-corrected chi connectivity index (χ2v) is 8.48. The first-order chi connectivity index (χ1) is 14.0. The zero-order chi connectivity index (χ0) is 20.6. The van der Waals surface area contributed by atoms with Crippen molar-refractivity contribution in [1.29, 1.82) is 0 Å². The van der Waals surface area contributed by atoms with Gasteiger partial charge in [0.15, 0.2) is 0 Å². The van der Waals surface area contributed by atoms with Crippen LogP contribution in [0, 0.1) is 5.92 Å². The molecule has 1 aliphatic heterocycles. The van der Waals surface area contributed by atoms with Crippen LogP contribution in [-0.4, -0.2) is 53.9 Å². The standard InChI is InChI=1S/C22H29N3O4/c1-24-21(28)25(20(27)22(24)12-4-3-5-13-22)14-18(26)23-19(15-6-7-15)16-8-10-17(29-2)11-9-16/h8-11,15,19H,3-7,12-14H2,1-2H3,(H,23,26)/t19-/m0/s1. The smallest absolute Gasteiger partial charge is 0.327 e. The molecule has 3 aliphatic rings. The Bertz CT molecular complexity index is 797. The molecule has 29 heavy (non-hydrogen) atoms. The number of urea groups is 1. The Kier molecular flexibility index (Phi) is 5.23. The number of rotatable bonds is 6. The lowest BCUT2D eigenvalue weighted by molar-refractivity contribution is -0.137. The summed E-state index contributed by atoms with van der Waals surface area (Å²) in [5, 5.41) is 3.06. The predicted octanol–water partition coefficient (Wildman–Crippen LogP) is 2.86. The summed E-state index contributed by atoms with van der Waals surface area (Å²) >= 11 is 0. The molecule has 7 heteroatoms. The number of amides is 4. The highest BCUT2D eigenvalue weighted by atomic mass is 16.5. The Balaban J connectivity index is 1.45. The Morgan fingerprint density at radius 2 is 1.83 bits per heavy atom. The second kappa shape index (κ2) is 7.69. The third-order valence-corrected chi connectivity index (χ3v) is 6.67. The van der Waals surface area contributed by atoms with Gasteiger partial charge in [-0.05, 0) is 49.3 Å². The Morgan fingerprint density at radius 1 is 1.17 bits per heavy atom. The summed E-state index contributed by atoms with van der Waals surface area (Å²) in [5.41, 5.74) is 0.267. The van der Waals surface area contributed by atoms with Crippen LogP contribution < -0.4 is 10.1 Å². The number of hydrogen-bond donors (Lipinski definition) is 1. The molecule has 0 unspecified atom stereocenters. The van der Waals surface area contributed by atoms with Gasteiger partial charge in [0.05, 0.1) is 13.2 Å². The number of carbonyl (C=O) groups excluding carboxylic acids is 3. The Hall–Kier alpha value is -2.57. The molecule has 4 amide bonds. The molecular formula is C22H29N3O4. The fourth-order valence-electron chi connectivity index (χ4n) is 4.75. The summed E-state index contributed by atoms with van der Waals surface area (Å²) in [4.78, 5) is 41.3. The number of likely N-dealkylation sites (N-methyl/N-ethyl adjacent to an activating group) is 1. The molecule has 1 spiro atoms. The molecule has 1 N–H and O–H groups in total. The van der Waals surface area contributed by atoms with Crippen molar-refractivity contribution in [3.8, 4) is 5.75 Å². The molecule has 1 saturated heterocycles. The van der Waals surface area contributed by atoms with Gasteiger partial charge in [-0.3, -0.25) is 14.5 Å². The van der Waals surface area contributed by atoms with Crippen LogP contribution in [0.5, 0.6) is 5.75 Å². The lowest BCUT2D eigenvalue weighted by atomic mass is 9.81. The van der Waals surface area contributed by atoms with Crippen LogP contribution in [0.15, 0.2) is 24.3 Å². The van der Waals surface area contributed by atoms with Crippen molar-refractivity contribution in [3.05, 3.63) is 29.8 Å². The van der Waals surface area contributed by atoms with Crippen molar-refractivity contribution in [2.45, 2.75) is 56.5 Å². The summed E-state index contributed by atoms with van der Waals surface area (Å²) < 4.78 is 5.21. The van der Waals surface area contributed by atoms with Crippen molar-refractivity contribution >= 4 is 17.8 Å². The molecule has 1 aromatic rings. The molecule has 2 aliphatic carbocycles. The molecule has 1 heterocycles. The van der Waals surface area contributed by atoms with Gasteiger partial charge in [0.1, 0.15) is 17.8 Å².